The number of aliphatic hydroxyl groups is 1. The van der Waals surface area contributed by atoms with Crippen LogP contribution in [0.2, 0.25) is 5.02 Å². The highest BCUT2D eigenvalue weighted by molar-refractivity contribution is 6.33. The number of likely N-dealkylation sites (tertiary alicyclic amines) is 1. The quantitative estimate of drug-likeness (QED) is 0.894. The Morgan fingerprint density at radius 1 is 1.47 bits per heavy atom. The van der Waals surface area contributed by atoms with Crippen molar-refractivity contribution in [2.45, 2.75) is 31.3 Å². The molecule has 1 N–H and O–H groups in total. The highest BCUT2D eigenvalue weighted by Gasteiger charge is 2.48. The molecule has 3 rings (SSSR count). The van der Waals surface area contributed by atoms with Gasteiger partial charge in [-0.25, -0.2) is 0 Å². The number of hydrogen-bond donors (Lipinski definition) is 1. The summed E-state index contributed by atoms with van der Waals surface area (Å²) in [6.45, 7) is 1.38. The first-order chi connectivity index (χ1) is 9.01. The number of aromatic nitrogens is 2. The van der Waals surface area contributed by atoms with Gasteiger partial charge in [0.05, 0.1) is 16.8 Å². The third kappa shape index (κ3) is 2.25. The average Bonchev–Trinajstić information content (AvgIpc) is 3.07. The number of nitrogens with zero attached hydrogens (tertiary/aromatic N) is 3. The molecular formula is C13H18ClN3O2. The molecule has 1 amide bonds. The highest BCUT2D eigenvalue weighted by Crippen LogP contribution is 2.46. The molecule has 0 spiro atoms. The second-order valence-electron chi connectivity index (χ2n) is 5.63. The average molecular weight is 284 g/mol. The van der Waals surface area contributed by atoms with Crippen molar-refractivity contribution < 1.29 is 9.90 Å². The molecule has 0 aromatic carbocycles. The van der Waals surface area contributed by atoms with Crippen molar-refractivity contribution in [3.63, 3.8) is 0 Å². The highest BCUT2D eigenvalue weighted by atomic mass is 35.5. The van der Waals surface area contributed by atoms with Crippen LogP contribution in [0.25, 0.3) is 0 Å². The predicted octanol–water partition coefficient (Wildman–Crippen LogP) is 1.45. The second kappa shape index (κ2) is 4.49. The Bertz CT molecular complexity index is 482. The van der Waals surface area contributed by atoms with Gasteiger partial charge in [0.2, 0.25) is 0 Å². The molecule has 2 heterocycles. The molecule has 0 unspecified atom stereocenters. The van der Waals surface area contributed by atoms with E-state index in [1.807, 2.05) is 4.90 Å². The minimum absolute atomic E-state index is 0.0637. The number of rotatable bonds is 2. The number of aryl methyl sites for hydroxylation is 1. The molecule has 104 valence electrons. The number of hydrogen-bond acceptors (Lipinski definition) is 3. The Balaban J connectivity index is 1.67. The molecule has 19 heavy (non-hydrogen) atoms. The molecule has 1 aromatic rings. The summed E-state index contributed by atoms with van der Waals surface area (Å²) in [6.07, 6.45) is 5.07. The van der Waals surface area contributed by atoms with Crippen LogP contribution >= 0.6 is 11.6 Å². The Hall–Kier alpha value is -1.07. The zero-order chi connectivity index (χ0) is 13.6. The molecular weight excluding hydrogens is 266 g/mol. The molecule has 1 saturated heterocycles. The Morgan fingerprint density at radius 3 is 2.58 bits per heavy atom. The monoisotopic (exact) mass is 283 g/mol. The van der Waals surface area contributed by atoms with Crippen LogP contribution in [-0.4, -0.2) is 44.4 Å². The van der Waals surface area contributed by atoms with Gasteiger partial charge in [0, 0.05) is 20.1 Å². The van der Waals surface area contributed by atoms with E-state index >= 15 is 0 Å². The maximum Gasteiger partial charge on any atom is 0.273 e. The summed E-state index contributed by atoms with van der Waals surface area (Å²) in [7, 11) is 1.72. The lowest BCUT2D eigenvalue weighted by Crippen LogP contribution is -2.42. The van der Waals surface area contributed by atoms with Crippen LogP contribution < -0.4 is 0 Å². The molecule has 1 aliphatic heterocycles. The number of piperidine rings is 1. The van der Waals surface area contributed by atoms with Gasteiger partial charge >= 0.3 is 0 Å². The fourth-order valence-electron chi connectivity index (χ4n) is 2.96. The molecule has 1 aliphatic carbocycles. The third-order valence-corrected chi connectivity index (χ3v) is 4.68. The van der Waals surface area contributed by atoms with Crippen molar-refractivity contribution in [2.24, 2.45) is 13.0 Å². The number of carbonyl (C=O) groups is 1. The van der Waals surface area contributed by atoms with E-state index in [1.54, 1.807) is 7.05 Å². The van der Waals surface area contributed by atoms with Gasteiger partial charge in [0.1, 0.15) is 5.69 Å². The van der Waals surface area contributed by atoms with E-state index in [0.717, 1.165) is 25.7 Å². The van der Waals surface area contributed by atoms with Gasteiger partial charge in [-0.2, -0.15) is 5.10 Å². The summed E-state index contributed by atoms with van der Waals surface area (Å²) in [5.74, 6) is 0.282. The summed E-state index contributed by atoms with van der Waals surface area (Å²) in [5, 5.41) is 14.5. The molecule has 6 heteroatoms. The van der Waals surface area contributed by atoms with E-state index in [2.05, 4.69) is 5.10 Å². The zero-order valence-electron chi connectivity index (χ0n) is 11.0. The van der Waals surface area contributed by atoms with Crippen LogP contribution in [0, 0.1) is 5.92 Å². The largest absolute Gasteiger partial charge is 0.390 e. The summed E-state index contributed by atoms with van der Waals surface area (Å²) >= 11 is 6.00. The molecule has 2 aliphatic rings. The van der Waals surface area contributed by atoms with E-state index in [-0.39, 0.29) is 5.91 Å². The molecule has 5 nitrogen and oxygen atoms in total. The van der Waals surface area contributed by atoms with Gasteiger partial charge in [0.25, 0.3) is 5.91 Å². The van der Waals surface area contributed by atoms with Crippen molar-refractivity contribution in [2.75, 3.05) is 13.1 Å². The summed E-state index contributed by atoms with van der Waals surface area (Å²) in [5.41, 5.74) is 0.0181. The van der Waals surface area contributed by atoms with E-state index in [4.69, 9.17) is 11.6 Å². The predicted molar refractivity (Wildman–Crippen MR) is 71.0 cm³/mol. The van der Waals surface area contributed by atoms with Gasteiger partial charge in [-0.1, -0.05) is 11.6 Å². The normalized spacial score (nSPS) is 22.6. The SMILES string of the molecule is Cn1ncc(Cl)c1C(=O)N1CCC(C2(O)CC2)CC1. The molecule has 0 bridgehead atoms. The smallest absolute Gasteiger partial charge is 0.273 e. The summed E-state index contributed by atoms with van der Waals surface area (Å²) < 4.78 is 1.52. The van der Waals surface area contributed by atoms with Gasteiger partial charge < -0.3 is 10.0 Å². The van der Waals surface area contributed by atoms with Gasteiger partial charge in [-0.3, -0.25) is 9.48 Å². The van der Waals surface area contributed by atoms with Crippen LogP contribution in [0.4, 0.5) is 0 Å². The maximum absolute atomic E-state index is 12.4. The van der Waals surface area contributed by atoms with Crippen molar-refractivity contribution >= 4 is 17.5 Å². The van der Waals surface area contributed by atoms with Gasteiger partial charge in [0.15, 0.2) is 0 Å². The Kier molecular flexibility index (Phi) is 3.06. The van der Waals surface area contributed by atoms with Crippen LogP contribution in [0.5, 0.6) is 0 Å². The van der Waals surface area contributed by atoms with Crippen LogP contribution in [0.15, 0.2) is 6.20 Å². The Labute approximate surface area is 117 Å². The summed E-state index contributed by atoms with van der Waals surface area (Å²) in [4.78, 5) is 14.2. The lowest BCUT2D eigenvalue weighted by Gasteiger charge is -2.34. The maximum atomic E-state index is 12.4. The van der Waals surface area contributed by atoms with Crippen molar-refractivity contribution in [1.29, 1.82) is 0 Å². The first-order valence-corrected chi connectivity index (χ1v) is 7.08. The number of carbonyl (C=O) groups excluding carboxylic acids is 1. The molecule has 1 aromatic heterocycles. The van der Waals surface area contributed by atoms with E-state index in [1.165, 1.54) is 10.9 Å². The molecule has 0 atom stereocenters. The van der Waals surface area contributed by atoms with E-state index in [9.17, 15) is 9.90 Å². The molecule has 2 fully saturated rings. The standard InChI is InChI=1S/C13H18ClN3O2/c1-16-11(10(14)8-15-16)12(18)17-6-2-9(3-7-17)13(19)4-5-13/h8-9,19H,2-7H2,1H3. The van der Waals surface area contributed by atoms with Gasteiger partial charge in [-0.05, 0) is 31.6 Å². The van der Waals surface area contributed by atoms with Crippen molar-refractivity contribution in [1.82, 2.24) is 14.7 Å². The minimum atomic E-state index is -0.431. The topological polar surface area (TPSA) is 58.4 Å². The summed E-state index contributed by atoms with van der Waals surface area (Å²) in [6, 6.07) is 0. The number of halogens is 1. The van der Waals surface area contributed by atoms with E-state index in [0.29, 0.717) is 29.7 Å². The fourth-order valence-corrected chi connectivity index (χ4v) is 3.20. The first-order valence-electron chi connectivity index (χ1n) is 6.70. The minimum Gasteiger partial charge on any atom is -0.390 e. The second-order valence-corrected chi connectivity index (χ2v) is 6.04. The Morgan fingerprint density at radius 2 is 2.11 bits per heavy atom. The first kappa shape index (κ1) is 12.9. The molecule has 0 radical (unpaired) electrons. The van der Waals surface area contributed by atoms with Crippen LogP contribution in [0.3, 0.4) is 0 Å². The van der Waals surface area contributed by atoms with E-state index < -0.39 is 5.60 Å². The van der Waals surface area contributed by atoms with Gasteiger partial charge in [-0.15, -0.1) is 0 Å². The lowest BCUT2D eigenvalue weighted by molar-refractivity contribution is 0.0336. The van der Waals surface area contributed by atoms with Crippen LogP contribution in [0.1, 0.15) is 36.2 Å². The molecule has 1 saturated carbocycles. The van der Waals surface area contributed by atoms with Crippen molar-refractivity contribution in [3.05, 3.63) is 16.9 Å². The number of amides is 1. The van der Waals surface area contributed by atoms with Crippen molar-refractivity contribution in [3.8, 4) is 0 Å². The van der Waals surface area contributed by atoms with Crippen LogP contribution in [-0.2, 0) is 7.05 Å². The zero-order valence-corrected chi connectivity index (χ0v) is 11.7. The third-order valence-electron chi connectivity index (χ3n) is 4.40. The fraction of sp³-hybridized carbons (Fsp3) is 0.692. The lowest BCUT2D eigenvalue weighted by atomic mass is 9.89.